The third kappa shape index (κ3) is 3.94. The number of fused-ring (bicyclic) bond motifs is 1. The third-order valence-corrected chi connectivity index (χ3v) is 6.22. The normalized spacial score (nSPS) is 15.9. The van der Waals surface area contributed by atoms with Crippen LogP contribution in [0.4, 0.5) is 15.8 Å². The van der Waals surface area contributed by atoms with Gasteiger partial charge in [0.1, 0.15) is 5.82 Å². The Morgan fingerprint density at radius 1 is 1.00 bits per heavy atom. The van der Waals surface area contributed by atoms with E-state index < -0.39 is 0 Å². The van der Waals surface area contributed by atoms with Gasteiger partial charge in [0.15, 0.2) is 0 Å². The molecule has 1 N–H and O–H groups in total. The van der Waals surface area contributed by atoms with Gasteiger partial charge in [-0.25, -0.2) is 4.39 Å². The molecule has 2 aliphatic rings. The maximum Gasteiger partial charge on any atom is 0.148 e. The van der Waals surface area contributed by atoms with Gasteiger partial charge in [-0.1, -0.05) is 31.2 Å². The Morgan fingerprint density at radius 3 is 2.37 bits per heavy atom. The molecular formula is C25H28FN3O. The van der Waals surface area contributed by atoms with Gasteiger partial charge in [0.05, 0.1) is 18.9 Å². The van der Waals surface area contributed by atoms with Crippen molar-refractivity contribution >= 4 is 11.4 Å². The zero-order valence-corrected chi connectivity index (χ0v) is 17.4. The number of hydrogen-bond acceptors (Lipinski definition) is 3. The number of anilines is 2. The monoisotopic (exact) mass is 405 g/mol. The average Bonchev–Trinajstić information content (AvgIpc) is 3.24. The number of halogens is 1. The van der Waals surface area contributed by atoms with Crippen LogP contribution in [0.1, 0.15) is 35.1 Å². The highest BCUT2D eigenvalue weighted by Crippen LogP contribution is 2.44. The van der Waals surface area contributed by atoms with Gasteiger partial charge in [-0.3, -0.25) is 0 Å². The molecular weight excluding hydrogens is 377 g/mol. The van der Waals surface area contributed by atoms with Crippen LogP contribution in [-0.4, -0.2) is 37.4 Å². The van der Waals surface area contributed by atoms with Crippen molar-refractivity contribution in [2.24, 2.45) is 0 Å². The van der Waals surface area contributed by atoms with E-state index in [1.165, 1.54) is 22.3 Å². The molecule has 156 valence electrons. The summed E-state index contributed by atoms with van der Waals surface area (Å²) < 4.78 is 22.2. The number of hydrogen-bond donors (Lipinski definition) is 1. The van der Waals surface area contributed by atoms with Crippen molar-refractivity contribution in [3.8, 4) is 0 Å². The van der Waals surface area contributed by atoms with Crippen LogP contribution in [0.5, 0.6) is 0 Å². The highest BCUT2D eigenvalue weighted by Gasteiger charge is 2.34. The summed E-state index contributed by atoms with van der Waals surface area (Å²) in [4.78, 5) is 2.05. The van der Waals surface area contributed by atoms with Gasteiger partial charge >= 0.3 is 0 Å². The number of benzene rings is 2. The second-order valence-electron chi connectivity index (χ2n) is 8.21. The first-order valence-electron chi connectivity index (χ1n) is 10.8. The van der Waals surface area contributed by atoms with Crippen LogP contribution < -0.4 is 10.2 Å². The lowest BCUT2D eigenvalue weighted by atomic mass is 10.1. The lowest BCUT2D eigenvalue weighted by molar-refractivity contribution is 0.122. The lowest BCUT2D eigenvalue weighted by Crippen LogP contribution is -2.36. The van der Waals surface area contributed by atoms with E-state index in [0.29, 0.717) is 24.8 Å². The van der Waals surface area contributed by atoms with E-state index in [0.717, 1.165) is 38.3 Å². The van der Waals surface area contributed by atoms with Crippen molar-refractivity contribution in [1.82, 2.24) is 4.57 Å². The molecule has 1 aromatic heterocycles. The predicted molar refractivity (Wildman–Crippen MR) is 119 cm³/mol. The smallest absolute Gasteiger partial charge is 0.148 e. The van der Waals surface area contributed by atoms with Crippen LogP contribution in [0.2, 0.25) is 0 Å². The highest BCUT2D eigenvalue weighted by molar-refractivity contribution is 5.58. The van der Waals surface area contributed by atoms with E-state index in [-0.39, 0.29) is 5.82 Å². The van der Waals surface area contributed by atoms with E-state index in [1.807, 2.05) is 17.0 Å². The van der Waals surface area contributed by atoms with E-state index in [2.05, 4.69) is 53.5 Å². The molecule has 0 amide bonds. The summed E-state index contributed by atoms with van der Waals surface area (Å²) in [6, 6.07) is 14.3. The van der Waals surface area contributed by atoms with Crippen molar-refractivity contribution in [3.05, 3.63) is 82.9 Å². The summed E-state index contributed by atoms with van der Waals surface area (Å²) in [5, 5.41) is 3.40. The molecule has 0 radical (unpaired) electrons. The summed E-state index contributed by atoms with van der Waals surface area (Å²) >= 11 is 0. The summed E-state index contributed by atoms with van der Waals surface area (Å²) in [6.07, 6.45) is 5.57. The number of aryl methyl sites for hydroxylation is 1. The Kier molecular flexibility index (Phi) is 5.21. The Hall–Kier alpha value is -2.79. The maximum absolute atomic E-state index is 14.6. The molecule has 3 aromatic rings. The van der Waals surface area contributed by atoms with Crippen molar-refractivity contribution in [1.29, 1.82) is 0 Å². The fraction of sp³-hybridized carbons (Fsp3) is 0.360. The molecule has 2 aromatic carbocycles. The minimum atomic E-state index is -0.170. The molecule has 5 rings (SSSR count). The predicted octanol–water partition coefficient (Wildman–Crippen LogP) is 4.63. The van der Waals surface area contributed by atoms with Crippen LogP contribution in [0.3, 0.4) is 0 Å². The molecule has 0 unspecified atom stereocenters. The van der Waals surface area contributed by atoms with E-state index in [1.54, 1.807) is 6.07 Å². The van der Waals surface area contributed by atoms with Crippen molar-refractivity contribution < 1.29 is 9.13 Å². The minimum Gasteiger partial charge on any atom is -0.384 e. The molecule has 0 bridgehead atoms. The number of nitrogens with one attached hydrogen (secondary N) is 1. The molecule has 0 spiro atoms. The second-order valence-corrected chi connectivity index (χ2v) is 8.21. The zero-order chi connectivity index (χ0) is 20.5. The molecule has 4 nitrogen and oxygen atoms in total. The molecule has 1 aliphatic carbocycles. The number of aromatic nitrogens is 1. The summed E-state index contributed by atoms with van der Waals surface area (Å²) in [5.41, 5.74) is 7.01. The summed E-state index contributed by atoms with van der Waals surface area (Å²) in [6.45, 7) is 6.71. The number of nitrogens with zero attached hydrogens (tertiary/aromatic N) is 2. The van der Waals surface area contributed by atoms with Gasteiger partial charge in [-0.2, -0.15) is 0 Å². The number of rotatable bonds is 7. The van der Waals surface area contributed by atoms with Gasteiger partial charge in [0.2, 0.25) is 0 Å². The fourth-order valence-electron chi connectivity index (χ4n) is 4.33. The topological polar surface area (TPSA) is 29.4 Å². The van der Waals surface area contributed by atoms with Gasteiger partial charge in [-0.15, -0.1) is 0 Å². The Morgan fingerprint density at radius 2 is 1.70 bits per heavy atom. The Bertz CT molecular complexity index is 1000. The van der Waals surface area contributed by atoms with E-state index >= 15 is 0 Å². The SMILES string of the molecule is CCc1ccc(Cn2cc3c(c2)C3CNc2ccc(N3CCOCC3)c(F)c2)cc1. The van der Waals surface area contributed by atoms with Crippen LogP contribution in [0, 0.1) is 5.82 Å². The molecule has 30 heavy (non-hydrogen) atoms. The largest absolute Gasteiger partial charge is 0.384 e. The van der Waals surface area contributed by atoms with Gasteiger partial charge < -0.3 is 19.5 Å². The van der Waals surface area contributed by atoms with Gasteiger partial charge in [0, 0.05) is 50.2 Å². The fourth-order valence-corrected chi connectivity index (χ4v) is 4.33. The quantitative estimate of drug-likeness (QED) is 0.621. The molecule has 5 heteroatoms. The third-order valence-electron chi connectivity index (χ3n) is 6.22. The maximum atomic E-state index is 14.6. The van der Waals surface area contributed by atoms with Crippen molar-refractivity contribution in [2.45, 2.75) is 25.8 Å². The Balaban J connectivity index is 1.14. The number of ether oxygens (including phenoxy) is 1. The van der Waals surface area contributed by atoms with Gasteiger partial charge in [0.25, 0.3) is 0 Å². The molecule has 1 fully saturated rings. The number of morpholine rings is 1. The molecule has 1 saturated heterocycles. The molecule has 0 atom stereocenters. The van der Waals surface area contributed by atoms with Crippen molar-refractivity contribution in [2.75, 3.05) is 43.1 Å². The molecule has 0 saturated carbocycles. The molecule has 1 aliphatic heterocycles. The second kappa shape index (κ2) is 8.15. The summed E-state index contributed by atoms with van der Waals surface area (Å²) in [5.74, 6) is 0.280. The first-order valence-corrected chi connectivity index (χ1v) is 10.8. The van der Waals surface area contributed by atoms with Crippen LogP contribution >= 0.6 is 0 Å². The van der Waals surface area contributed by atoms with E-state index in [9.17, 15) is 4.39 Å². The first-order chi connectivity index (χ1) is 14.7. The summed E-state index contributed by atoms with van der Waals surface area (Å²) in [7, 11) is 0. The van der Waals surface area contributed by atoms with Crippen LogP contribution in [0.15, 0.2) is 54.9 Å². The average molecular weight is 406 g/mol. The standard InChI is InChI=1S/C25H28FN3O/c1-2-18-3-5-19(6-4-18)15-28-16-22-21(23(22)17-28)14-27-20-7-8-25(24(26)13-20)29-9-11-30-12-10-29/h3-8,13,16-17,21,27H,2,9-12,14-15H2,1H3. The van der Waals surface area contributed by atoms with E-state index in [4.69, 9.17) is 4.74 Å². The zero-order valence-electron chi connectivity index (χ0n) is 17.4. The lowest BCUT2D eigenvalue weighted by Gasteiger charge is -2.29. The van der Waals surface area contributed by atoms with Crippen LogP contribution in [-0.2, 0) is 17.7 Å². The van der Waals surface area contributed by atoms with Gasteiger partial charge in [-0.05, 0) is 46.9 Å². The highest BCUT2D eigenvalue weighted by atomic mass is 19.1. The molecule has 2 heterocycles. The van der Waals surface area contributed by atoms with Crippen molar-refractivity contribution in [3.63, 3.8) is 0 Å². The minimum absolute atomic E-state index is 0.170. The Labute approximate surface area is 177 Å². The first kappa shape index (κ1) is 19.2. The van der Waals surface area contributed by atoms with Crippen LogP contribution in [0.25, 0.3) is 0 Å².